The number of aromatic nitrogens is 1. The second-order valence-electron chi connectivity index (χ2n) is 5.12. The van der Waals surface area contributed by atoms with Crippen LogP contribution in [0.5, 0.6) is 0 Å². The molecule has 1 aliphatic rings. The molecule has 1 fully saturated rings. The third-order valence-corrected chi connectivity index (χ3v) is 4.69. The predicted molar refractivity (Wildman–Crippen MR) is 79.5 cm³/mol. The molecule has 0 aliphatic carbocycles. The lowest BCUT2D eigenvalue weighted by Gasteiger charge is -2.24. The first-order chi connectivity index (χ1) is 9.17. The third kappa shape index (κ3) is 3.08. The summed E-state index contributed by atoms with van der Waals surface area (Å²) >= 11 is 1.34. The number of nitrogen functional groups attached to an aromatic ring is 1. The SMILES string of the molecule is CCCC[C@H]1CCCN1C(=O)c1sc(N)nc1CC. The molecular formula is C14H23N3OS. The van der Waals surface area contributed by atoms with Crippen molar-refractivity contribution in [2.45, 2.75) is 58.4 Å². The Morgan fingerprint density at radius 3 is 3.00 bits per heavy atom. The Kier molecular flexibility index (Phi) is 4.80. The number of hydrogen-bond donors (Lipinski definition) is 1. The van der Waals surface area contributed by atoms with Gasteiger partial charge >= 0.3 is 0 Å². The predicted octanol–water partition coefficient (Wildman–Crippen LogP) is 3.08. The highest BCUT2D eigenvalue weighted by Crippen LogP contribution is 2.28. The molecule has 0 bridgehead atoms. The van der Waals surface area contributed by atoms with Crippen LogP contribution in [-0.4, -0.2) is 28.4 Å². The van der Waals surface area contributed by atoms with Gasteiger partial charge in [-0.05, 0) is 25.7 Å². The number of carbonyl (C=O) groups is 1. The standard InChI is InChI=1S/C14H23N3OS/c1-3-5-7-10-8-6-9-17(10)13(18)12-11(4-2)16-14(15)19-12/h10H,3-9H2,1-2H3,(H2,15,16)/t10-/m0/s1. The molecule has 2 rings (SSSR count). The van der Waals surface area contributed by atoms with Crippen molar-refractivity contribution in [2.24, 2.45) is 0 Å². The summed E-state index contributed by atoms with van der Waals surface area (Å²) in [7, 11) is 0. The van der Waals surface area contributed by atoms with Gasteiger partial charge in [-0.15, -0.1) is 0 Å². The molecule has 1 atom stereocenters. The van der Waals surface area contributed by atoms with E-state index < -0.39 is 0 Å². The molecule has 1 aromatic heterocycles. The number of anilines is 1. The lowest BCUT2D eigenvalue weighted by molar-refractivity contribution is 0.0732. The van der Waals surface area contributed by atoms with E-state index >= 15 is 0 Å². The molecule has 106 valence electrons. The van der Waals surface area contributed by atoms with Crippen LogP contribution in [-0.2, 0) is 6.42 Å². The van der Waals surface area contributed by atoms with Crippen LogP contribution in [0, 0.1) is 0 Å². The van der Waals surface area contributed by atoms with Gasteiger partial charge in [0.15, 0.2) is 5.13 Å². The molecule has 0 saturated carbocycles. The number of hydrogen-bond acceptors (Lipinski definition) is 4. The summed E-state index contributed by atoms with van der Waals surface area (Å²) in [5.74, 6) is 0.143. The topological polar surface area (TPSA) is 59.2 Å². The molecule has 1 aromatic rings. The van der Waals surface area contributed by atoms with Crippen molar-refractivity contribution < 1.29 is 4.79 Å². The molecule has 0 spiro atoms. The monoisotopic (exact) mass is 281 g/mol. The van der Waals surface area contributed by atoms with Gasteiger partial charge in [0.2, 0.25) is 0 Å². The maximum Gasteiger partial charge on any atom is 0.266 e. The summed E-state index contributed by atoms with van der Waals surface area (Å²) in [6.07, 6.45) is 6.53. The van der Waals surface area contributed by atoms with E-state index in [1.165, 1.54) is 24.2 Å². The number of thiazole rings is 1. The van der Waals surface area contributed by atoms with Crippen molar-refractivity contribution in [3.8, 4) is 0 Å². The van der Waals surface area contributed by atoms with Crippen LogP contribution in [0.4, 0.5) is 5.13 Å². The maximum atomic E-state index is 12.7. The van der Waals surface area contributed by atoms with E-state index in [0.29, 0.717) is 11.2 Å². The molecule has 4 nitrogen and oxygen atoms in total. The van der Waals surface area contributed by atoms with E-state index in [9.17, 15) is 4.79 Å². The van der Waals surface area contributed by atoms with Crippen molar-refractivity contribution >= 4 is 22.4 Å². The number of unbranched alkanes of at least 4 members (excludes halogenated alkanes) is 1. The van der Waals surface area contributed by atoms with E-state index in [2.05, 4.69) is 11.9 Å². The molecule has 1 saturated heterocycles. The van der Waals surface area contributed by atoms with Gasteiger partial charge < -0.3 is 10.6 Å². The van der Waals surface area contributed by atoms with E-state index in [4.69, 9.17) is 5.73 Å². The lowest BCUT2D eigenvalue weighted by Crippen LogP contribution is -2.35. The van der Waals surface area contributed by atoms with Crippen molar-refractivity contribution in [1.82, 2.24) is 9.88 Å². The highest BCUT2D eigenvalue weighted by Gasteiger charge is 2.31. The Morgan fingerprint density at radius 1 is 1.53 bits per heavy atom. The maximum absolute atomic E-state index is 12.7. The zero-order valence-corrected chi connectivity index (χ0v) is 12.6. The normalized spacial score (nSPS) is 19.1. The van der Waals surface area contributed by atoms with Crippen molar-refractivity contribution in [1.29, 1.82) is 0 Å². The first-order valence-corrected chi connectivity index (χ1v) is 8.05. The largest absolute Gasteiger partial charge is 0.375 e. The number of carbonyl (C=O) groups excluding carboxylic acids is 1. The van der Waals surface area contributed by atoms with Gasteiger partial charge in [-0.25, -0.2) is 4.98 Å². The fourth-order valence-electron chi connectivity index (χ4n) is 2.75. The van der Waals surface area contributed by atoms with Crippen LogP contribution in [0.1, 0.15) is 61.3 Å². The van der Waals surface area contributed by atoms with Crippen LogP contribution in [0.25, 0.3) is 0 Å². The summed E-state index contributed by atoms with van der Waals surface area (Å²) in [5.41, 5.74) is 6.60. The minimum Gasteiger partial charge on any atom is -0.375 e. The Morgan fingerprint density at radius 2 is 2.32 bits per heavy atom. The summed E-state index contributed by atoms with van der Waals surface area (Å²) < 4.78 is 0. The van der Waals surface area contributed by atoms with E-state index in [1.54, 1.807) is 0 Å². The summed E-state index contributed by atoms with van der Waals surface area (Å²) in [6, 6.07) is 0.417. The number of rotatable bonds is 5. The lowest BCUT2D eigenvalue weighted by atomic mass is 10.1. The van der Waals surface area contributed by atoms with Crippen LogP contribution in [0.15, 0.2) is 0 Å². The fraction of sp³-hybridized carbons (Fsp3) is 0.714. The molecule has 0 unspecified atom stereocenters. The van der Waals surface area contributed by atoms with Crippen LogP contribution in [0.2, 0.25) is 0 Å². The highest BCUT2D eigenvalue weighted by atomic mass is 32.1. The van der Waals surface area contributed by atoms with E-state index in [-0.39, 0.29) is 5.91 Å². The van der Waals surface area contributed by atoms with Crippen molar-refractivity contribution in [2.75, 3.05) is 12.3 Å². The highest BCUT2D eigenvalue weighted by molar-refractivity contribution is 7.17. The number of likely N-dealkylation sites (tertiary alicyclic amines) is 1. The number of nitrogens with two attached hydrogens (primary N) is 1. The minimum atomic E-state index is 0.143. The zero-order valence-electron chi connectivity index (χ0n) is 11.8. The molecule has 5 heteroatoms. The number of aryl methyl sites for hydroxylation is 1. The summed E-state index contributed by atoms with van der Waals surface area (Å²) in [5, 5.41) is 0.504. The molecule has 0 aromatic carbocycles. The van der Waals surface area contributed by atoms with Gasteiger partial charge in [-0.2, -0.15) is 0 Å². The number of nitrogens with zero attached hydrogens (tertiary/aromatic N) is 2. The average molecular weight is 281 g/mol. The van der Waals surface area contributed by atoms with Crippen LogP contribution >= 0.6 is 11.3 Å². The average Bonchev–Trinajstić information content (AvgIpc) is 3.01. The van der Waals surface area contributed by atoms with Gasteiger partial charge in [-0.3, -0.25) is 4.79 Å². The molecule has 2 N–H and O–H groups in total. The molecular weight excluding hydrogens is 258 g/mol. The number of amides is 1. The van der Waals surface area contributed by atoms with Crippen LogP contribution < -0.4 is 5.73 Å². The Balaban J connectivity index is 2.13. The third-order valence-electron chi connectivity index (χ3n) is 3.77. The Bertz CT molecular complexity index is 444. The Labute approximate surface area is 119 Å². The van der Waals surface area contributed by atoms with Gasteiger partial charge in [0.05, 0.1) is 5.69 Å². The van der Waals surface area contributed by atoms with Gasteiger partial charge in [0.1, 0.15) is 4.88 Å². The van der Waals surface area contributed by atoms with Crippen LogP contribution in [0.3, 0.4) is 0 Å². The molecule has 0 radical (unpaired) electrons. The smallest absolute Gasteiger partial charge is 0.266 e. The van der Waals surface area contributed by atoms with E-state index in [0.717, 1.165) is 42.8 Å². The first kappa shape index (κ1) is 14.3. The Hall–Kier alpha value is -1.10. The molecule has 19 heavy (non-hydrogen) atoms. The second kappa shape index (κ2) is 6.37. The summed E-state index contributed by atoms with van der Waals surface area (Å²) in [6.45, 7) is 5.10. The van der Waals surface area contributed by atoms with Gasteiger partial charge in [0.25, 0.3) is 5.91 Å². The summed E-state index contributed by atoms with van der Waals surface area (Å²) in [4.78, 5) is 19.7. The molecule has 1 amide bonds. The van der Waals surface area contributed by atoms with Crippen molar-refractivity contribution in [3.63, 3.8) is 0 Å². The quantitative estimate of drug-likeness (QED) is 0.902. The first-order valence-electron chi connectivity index (χ1n) is 7.23. The minimum absolute atomic E-state index is 0.143. The van der Waals surface area contributed by atoms with E-state index in [1.807, 2.05) is 11.8 Å². The van der Waals surface area contributed by atoms with Crippen molar-refractivity contribution in [3.05, 3.63) is 10.6 Å². The zero-order chi connectivity index (χ0) is 13.8. The second-order valence-corrected chi connectivity index (χ2v) is 6.15. The molecule has 2 heterocycles. The fourth-order valence-corrected chi connectivity index (χ4v) is 3.63. The molecule has 1 aliphatic heterocycles. The van der Waals surface area contributed by atoms with Gasteiger partial charge in [0, 0.05) is 12.6 Å². The van der Waals surface area contributed by atoms with Gasteiger partial charge in [-0.1, -0.05) is 38.0 Å².